The Balaban J connectivity index is 1.67. The highest BCUT2D eigenvalue weighted by molar-refractivity contribution is 5.80. The average molecular weight is 384 g/mol. The molecule has 3 rings (SSSR count). The maximum atomic E-state index is 5.98. The van der Waals surface area contributed by atoms with Gasteiger partial charge in [-0.3, -0.25) is 9.67 Å². The zero-order valence-electron chi connectivity index (χ0n) is 17.6. The Morgan fingerprint density at radius 3 is 2.79 bits per heavy atom. The van der Waals surface area contributed by atoms with Gasteiger partial charge in [0.1, 0.15) is 6.10 Å². The zero-order valence-corrected chi connectivity index (χ0v) is 17.6. The van der Waals surface area contributed by atoms with Crippen LogP contribution in [0.25, 0.3) is 0 Å². The van der Waals surface area contributed by atoms with Crippen LogP contribution in [0.3, 0.4) is 0 Å². The molecule has 6 nitrogen and oxygen atoms in total. The molecule has 2 aromatic rings. The van der Waals surface area contributed by atoms with Crippen molar-refractivity contribution in [2.24, 2.45) is 17.5 Å². The molecule has 1 aliphatic heterocycles. The summed E-state index contributed by atoms with van der Waals surface area (Å²) in [4.78, 5) is 7.30. The number of guanidine groups is 1. The molecule has 0 spiro atoms. The van der Waals surface area contributed by atoms with Crippen LogP contribution in [0.1, 0.15) is 38.0 Å². The first kappa shape index (κ1) is 20.4. The number of ether oxygens (including phenoxy) is 1. The van der Waals surface area contributed by atoms with E-state index >= 15 is 0 Å². The lowest BCUT2D eigenvalue weighted by Gasteiger charge is -2.35. The Hall–Kier alpha value is -2.34. The number of nitrogens with zero attached hydrogens (tertiary/aromatic N) is 4. The second-order valence-corrected chi connectivity index (χ2v) is 8.25. The first-order valence-corrected chi connectivity index (χ1v) is 10.1. The number of nitrogens with one attached hydrogen (secondary N) is 1. The van der Waals surface area contributed by atoms with Crippen molar-refractivity contribution in [1.82, 2.24) is 20.0 Å². The summed E-state index contributed by atoms with van der Waals surface area (Å²) in [6.07, 6.45) is 4.96. The van der Waals surface area contributed by atoms with E-state index in [4.69, 9.17) is 9.73 Å². The van der Waals surface area contributed by atoms with Crippen LogP contribution in [0.2, 0.25) is 0 Å². The Bertz CT molecular complexity index is 768. The van der Waals surface area contributed by atoms with E-state index in [-0.39, 0.29) is 11.5 Å². The number of morpholine rings is 1. The maximum Gasteiger partial charge on any atom is 0.194 e. The van der Waals surface area contributed by atoms with Crippen LogP contribution in [0.15, 0.2) is 47.7 Å². The maximum absolute atomic E-state index is 5.98. The van der Waals surface area contributed by atoms with E-state index in [9.17, 15) is 0 Å². The van der Waals surface area contributed by atoms with Gasteiger partial charge in [0.05, 0.1) is 19.3 Å². The highest BCUT2D eigenvalue weighted by Crippen LogP contribution is 2.24. The fourth-order valence-corrected chi connectivity index (χ4v) is 3.57. The average Bonchev–Trinajstić information content (AvgIpc) is 3.12. The molecule has 1 aliphatic rings. The van der Waals surface area contributed by atoms with Gasteiger partial charge in [0, 0.05) is 38.4 Å². The molecule has 1 atom stereocenters. The normalized spacial score (nSPS) is 18.4. The number of aryl methyl sites for hydroxylation is 1. The van der Waals surface area contributed by atoms with Gasteiger partial charge in [-0.05, 0) is 24.3 Å². The Morgan fingerprint density at radius 1 is 1.32 bits per heavy atom. The highest BCUT2D eigenvalue weighted by Gasteiger charge is 2.26. The molecule has 0 saturated carbocycles. The van der Waals surface area contributed by atoms with E-state index in [0.29, 0.717) is 6.61 Å². The highest BCUT2D eigenvalue weighted by atomic mass is 16.5. The van der Waals surface area contributed by atoms with Crippen molar-refractivity contribution in [3.05, 3.63) is 53.9 Å². The van der Waals surface area contributed by atoms with E-state index in [1.807, 2.05) is 24.1 Å². The monoisotopic (exact) mass is 383 g/mol. The number of aromatic nitrogens is 2. The van der Waals surface area contributed by atoms with Crippen LogP contribution < -0.4 is 5.32 Å². The van der Waals surface area contributed by atoms with Crippen LogP contribution in [-0.4, -0.2) is 53.4 Å². The van der Waals surface area contributed by atoms with Crippen molar-refractivity contribution in [1.29, 1.82) is 0 Å². The SMILES string of the molecule is CCNC(=NCC(C)(C)Cc1ccccc1)N1CCOC(c2cnn(C)c2)C1. The topological polar surface area (TPSA) is 54.7 Å². The Morgan fingerprint density at radius 2 is 2.11 bits per heavy atom. The fraction of sp³-hybridized carbons (Fsp3) is 0.545. The van der Waals surface area contributed by atoms with E-state index in [1.165, 1.54) is 5.56 Å². The third-order valence-corrected chi connectivity index (χ3v) is 4.98. The van der Waals surface area contributed by atoms with E-state index in [1.54, 1.807) is 0 Å². The van der Waals surface area contributed by atoms with Gasteiger partial charge >= 0.3 is 0 Å². The number of benzene rings is 1. The molecule has 2 heterocycles. The van der Waals surface area contributed by atoms with Crippen LogP contribution in [0.4, 0.5) is 0 Å². The van der Waals surface area contributed by atoms with Crippen molar-refractivity contribution in [3.63, 3.8) is 0 Å². The van der Waals surface area contributed by atoms with Gasteiger partial charge in [-0.1, -0.05) is 44.2 Å². The summed E-state index contributed by atoms with van der Waals surface area (Å²) in [5, 5.41) is 7.74. The molecule has 0 bridgehead atoms. The number of hydrogen-bond acceptors (Lipinski definition) is 3. The van der Waals surface area contributed by atoms with Crippen LogP contribution in [0.5, 0.6) is 0 Å². The first-order valence-electron chi connectivity index (χ1n) is 10.1. The minimum absolute atomic E-state index is 0.0311. The second-order valence-electron chi connectivity index (χ2n) is 8.25. The van der Waals surface area contributed by atoms with Crippen molar-refractivity contribution in [2.75, 3.05) is 32.8 Å². The molecule has 1 aromatic carbocycles. The van der Waals surface area contributed by atoms with Crippen LogP contribution in [0, 0.1) is 5.41 Å². The van der Waals surface area contributed by atoms with Crippen molar-refractivity contribution < 1.29 is 4.74 Å². The fourth-order valence-electron chi connectivity index (χ4n) is 3.57. The van der Waals surface area contributed by atoms with Gasteiger partial charge in [-0.2, -0.15) is 5.10 Å². The molecule has 0 amide bonds. The molecule has 6 heteroatoms. The summed E-state index contributed by atoms with van der Waals surface area (Å²) in [7, 11) is 1.93. The third kappa shape index (κ3) is 5.58. The van der Waals surface area contributed by atoms with Gasteiger partial charge in [0.15, 0.2) is 5.96 Å². The molecule has 1 unspecified atom stereocenters. The summed E-state index contributed by atoms with van der Waals surface area (Å²) < 4.78 is 7.80. The Labute approximate surface area is 168 Å². The van der Waals surface area contributed by atoms with Gasteiger partial charge < -0.3 is 15.0 Å². The van der Waals surface area contributed by atoms with E-state index in [2.05, 4.69) is 66.4 Å². The summed E-state index contributed by atoms with van der Waals surface area (Å²) in [5.74, 6) is 0.973. The molecule has 1 saturated heterocycles. The zero-order chi connectivity index (χ0) is 20.0. The van der Waals surface area contributed by atoms with Crippen molar-refractivity contribution in [3.8, 4) is 0 Å². The lowest BCUT2D eigenvalue weighted by Crippen LogP contribution is -2.48. The van der Waals surface area contributed by atoms with E-state index in [0.717, 1.165) is 44.1 Å². The molecular weight excluding hydrogens is 350 g/mol. The van der Waals surface area contributed by atoms with Crippen LogP contribution >= 0.6 is 0 Å². The van der Waals surface area contributed by atoms with Crippen LogP contribution in [-0.2, 0) is 18.2 Å². The molecular formula is C22H33N5O. The van der Waals surface area contributed by atoms with Gasteiger partial charge in [0.2, 0.25) is 0 Å². The smallest absolute Gasteiger partial charge is 0.194 e. The first-order chi connectivity index (χ1) is 13.5. The van der Waals surface area contributed by atoms with Gasteiger partial charge in [-0.15, -0.1) is 0 Å². The second kappa shape index (κ2) is 9.24. The van der Waals surface area contributed by atoms with Gasteiger partial charge in [0.25, 0.3) is 0 Å². The molecule has 152 valence electrons. The van der Waals surface area contributed by atoms with Crippen molar-refractivity contribution >= 4 is 5.96 Å². The number of hydrogen-bond donors (Lipinski definition) is 1. The standard InChI is InChI=1S/C22H33N5O/c1-5-23-21(24-17-22(2,3)13-18-9-7-6-8-10-18)27-11-12-28-20(16-27)19-14-25-26(4)15-19/h6-10,14-15,20H,5,11-13,16-17H2,1-4H3,(H,23,24). The summed E-state index contributed by atoms with van der Waals surface area (Å²) in [6.45, 7) is 10.6. The lowest BCUT2D eigenvalue weighted by atomic mass is 9.86. The number of aliphatic imine (C=N–C) groups is 1. The predicted molar refractivity (Wildman–Crippen MR) is 113 cm³/mol. The molecule has 1 fully saturated rings. The third-order valence-electron chi connectivity index (χ3n) is 4.98. The Kier molecular flexibility index (Phi) is 6.73. The summed E-state index contributed by atoms with van der Waals surface area (Å²) in [5.41, 5.74) is 2.57. The lowest BCUT2D eigenvalue weighted by molar-refractivity contribution is -0.00809. The van der Waals surface area contributed by atoms with E-state index < -0.39 is 0 Å². The van der Waals surface area contributed by atoms with Crippen molar-refractivity contribution in [2.45, 2.75) is 33.3 Å². The molecule has 28 heavy (non-hydrogen) atoms. The predicted octanol–water partition coefficient (Wildman–Crippen LogP) is 3.03. The minimum atomic E-state index is 0.0311. The largest absolute Gasteiger partial charge is 0.370 e. The number of rotatable bonds is 6. The minimum Gasteiger partial charge on any atom is -0.370 e. The van der Waals surface area contributed by atoms with Gasteiger partial charge in [-0.25, -0.2) is 0 Å². The molecule has 0 aliphatic carbocycles. The molecule has 1 N–H and O–H groups in total. The molecule has 0 radical (unpaired) electrons. The molecule has 1 aromatic heterocycles. The summed E-state index contributed by atoms with van der Waals surface area (Å²) >= 11 is 0. The summed E-state index contributed by atoms with van der Waals surface area (Å²) in [6, 6.07) is 10.7. The quantitative estimate of drug-likeness (QED) is 0.615.